The number of hydrogen-bond acceptors (Lipinski definition) is 3. The highest BCUT2D eigenvalue weighted by molar-refractivity contribution is 5.94. The lowest BCUT2D eigenvalue weighted by atomic mass is 9.93. The lowest BCUT2D eigenvalue weighted by Crippen LogP contribution is -2.60. The van der Waals surface area contributed by atoms with Crippen molar-refractivity contribution in [3.63, 3.8) is 0 Å². The van der Waals surface area contributed by atoms with Crippen molar-refractivity contribution in [2.45, 2.75) is 39.2 Å². The number of hydrogen-bond donors (Lipinski definition) is 1. The highest BCUT2D eigenvalue weighted by Gasteiger charge is 2.34. The van der Waals surface area contributed by atoms with Gasteiger partial charge in [0.1, 0.15) is 6.04 Å². The van der Waals surface area contributed by atoms with Crippen LogP contribution in [0.25, 0.3) is 0 Å². The predicted molar refractivity (Wildman–Crippen MR) is 78.2 cm³/mol. The summed E-state index contributed by atoms with van der Waals surface area (Å²) in [6, 6.07) is -0.339. The van der Waals surface area contributed by atoms with Gasteiger partial charge in [-0.05, 0) is 51.2 Å². The zero-order valence-corrected chi connectivity index (χ0v) is 12.9. The molecule has 0 saturated carbocycles. The highest BCUT2D eigenvalue weighted by atomic mass is 16.2. The molecule has 0 aromatic carbocycles. The molecule has 114 valence electrons. The van der Waals surface area contributed by atoms with Crippen molar-refractivity contribution < 1.29 is 9.59 Å². The predicted octanol–water partition coefficient (Wildman–Crippen LogP) is 0.701. The van der Waals surface area contributed by atoms with Crippen molar-refractivity contribution in [3.05, 3.63) is 0 Å². The van der Waals surface area contributed by atoms with Crippen molar-refractivity contribution in [1.29, 1.82) is 0 Å². The first-order chi connectivity index (χ1) is 9.47. The number of piperidine rings is 1. The van der Waals surface area contributed by atoms with E-state index in [-0.39, 0.29) is 30.3 Å². The Morgan fingerprint density at radius 1 is 1.25 bits per heavy atom. The topological polar surface area (TPSA) is 52.7 Å². The van der Waals surface area contributed by atoms with Gasteiger partial charge in [0, 0.05) is 6.54 Å². The van der Waals surface area contributed by atoms with Gasteiger partial charge in [-0.1, -0.05) is 13.8 Å². The largest absolute Gasteiger partial charge is 0.343 e. The summed E-state index contributed by atoms with van der Waals surface area (Å²) < 4.78 is 0. The van der Waals surface area contributed by atoms with Crippen LogP contribution in [0.4, 0.5) is 0 Å². The average molecular weight is 281 g/mol. The first-order valence-electron chi connectivity index (χ1n) is 7.74. The minimum atomic E-state index is -0.339. The average Bonchev–Trinajstić information content (AvgIpc) is 2.41. The van der Waals surface area contributed by atoms with E-state index in [1.165, 1.54) is 12.8 Å². The molecule has 20 heavy (non-hydrogen) atoms. The van der Waals surface area contributed by atoms with Gasteiger partial charge in [-0.25, -0.2) is 0 Å². The van der Waals surface area contributed by atoms with E-state index in [1.807, 2.05) is 13.8 Å². The van der Waals surface area contributed by atoms with Crippen molar-refractivity contribution in [2.24, 2.45) is 11.8 Å². The Morgan fingerprint density at radius 3 is 2.50 bits per heavy atom. The molecule has 2 amide bonds. The van der Waals surface area contributed by atoms with Gasteiger partial charge in [0.25, 0.3) is 0 Å². The van der Waals surface area contributed by atoms with Gasteiger partial charge in [0.15, 0.2) is 0 Å². The first-order valence-corrected chi connectivity index (χ1v) is 7.74. The summed E-state index contributed by atoms with van der Waals surface area (Å²) in [7, 11) is 2.15. The van der Waals surface area contributed by atoms with Gasteiger partial charge < -0.3 is 15.1 Å². The molecule has 1 unspecified atom stereocenters. The zero-order valence-electron chi connectivity index (χ0n) is 12.9. The number of nitrogens with one attached hydrogen (secondary N) is 1. The second kappa shape index (κ2) is 6.57. The van der Waals surface area contributed by atoms with Crippen LogP contribution in [0.5, 0.6) is 0 Å². The fourth-order valence-corrected chi connectivity index (χ4v) is 3.06. The van der Waals surface area contributed by atoms with E-state index in [0.717, 1.165) is 26.1 Å². The number of piperazine rings is 1. The molecular formula is C15H27N3O2. The molecule has 2 fully saturated rings. The Labute approximate surface area is 121 Å². The summed E-state index contributed by atoms with van der Waals surface area (Å²) in [6.45, 7) is 7.20. The molecule has 0 aromatic heterocycles. The third-order valence-corrected chi connectivity index (χ3v) is 4.54. The molecular weight excluding hydrogens is 254 g/mol. The summed E-state index contributed by atoms with van der Waals surface area (Å²) in [4.78, 5) is 28.2. The molecule has 2 rings (SSSR count). The Hall–Kier alpha value is -1.10. The van der Waals surface area contributed by atoms with E-state index < -0.39 is 0 Å². The maximum Gasteiger partial charge on any atom is 0.245 e. The van der Waals surface area contributed by atoms with E-state index in [9.17, 15) is 9.59 Å². The quantitative estimate of drug-likeness (QED) is 0.825. The maximum atomic E-state index is 12.3. The minimum absolute atomic E-state index is 0.0216. The SMILES string of the molecule is CC(C)C1NC(=O)CN(CCC2CCN(C)CC2)C1=O. The molecule has 2 saturated heterocycles. The number of amides is 2. The smallest absolute Gasteiger partial charge is 0.245 e. The van der Waals surface area contributed by atoms with Crippen LogP contribution < -0.4 is 5.32 Å². The van der Waals surface area contributed by atoms with E-state index in [4.69, 9.17) is 0 Å². The van der Waals surface area contributed by atoms with Crippen LogP contribution in [0.1, 0.15) is 33.1 Å². The van der Waals surface area contributed by atoms with Crippen molar-refractivity contribution in [3.8, 4) is 0 Å². The molecule has 0 aliphatic carbocycles. The summed E-state index contributed by atoms with van der Waals surface area (Å²) in [5.74, 6) is 0.915. The second-order valence-corrected chi connectivity index (χ2v) is 6.58. The second-order valence-electron chi connectivity index (χ2n) is 6.58. The van der Waals surface area contributed by atoms with E-state index >= 15 is 0 Å². The standard InChI is InChI=1S/C15H27N3O2/c1-11(2)14-15(20)18(10-13(19)16-14)9-6-12-4-7-17(3)8-5-12/h11-12,14H,4-10H2,1-3H3,(H,16,19). The zero-order chi connectivity index (χ0) is 14.7. The van der Waals surface area contributed by atoms with Crippen LogP contribution in [0, 0.1) is 11.8 Å². The molecule has 0 aromatic rings. The molecule has 0 spiro atoms. The number of likely N-dealkylation sites (tertiary alicyclic amines) is 1. The number of rotatable bonds is 4. The van der Waals surface area contributed by atoms with E-state index in [2.05, 4.69) is 17.3 Å². The van der Waals surface area contributed by atoms with E-state index in [1.54, 1.807) is 4.90 Å². The Bertz CT molecular complexity index is 362. The summed E-state index contributed by atoms with van der Waals surface area (Å²) in [6.07, 6.45) is 3.44. The molecule has 2 aliphatic heterocycles. The molecule has 0 bridgehead atoms. The molecule has 0 radical (unpaired) electrons. The molecule has 1 atom stereocenters. The normalized spacial score (nSPS) is 26.2. The summed E-state index contributed by atoms with van der Waals surface area (Å²) in [5.41, 5.74) is 0. The minimum Gasteiger partial charge on any atom is -0.343 e. The van der Waals surface area contributed by atoms with Gasteiger partial charge >= 0.3 is 0 Å². The summed E-state index contributed by atoms with van der Waals surface area (Å²) >= 11 is 0. The van der Waals surface area contributed by atoms with Crippen LogP contribution in [-0.2, 0) is 9.59 Å². The lowest BCUT2D eigenvalue weighted by Gasteiger charge is -2.36. The highest BCUT2D eigenvalue weighted by Crippen LogP contribution is 2.21. The van der Waals surface area contributed by atoms with Crippen LogP contribution in [0.2, 0.25) is 0 Å². The lowest BCUT2D eigenvalue weighted by molar-refractivity contribution is -0.145. The monoisotopic (exact) mass is 281 g/mol. The van der Waals surface area contributed by atoms with Crippen LogP contribution in [-0.4, -0.2) is 60.9 Å². The van der Waals surface area contributed by atoms with Crippen molar-refractivity contribution >= 4 is 11.8 Å². The fourth-order valence-electron chi connectivity index (χ4n) is 3.06. The van der Waals surface area contributed by atoms with Crippen molar-refractivity contribution in [1.82, 2.24) is 15.1 Å². The Morgan fingerprint density at radius 2 is 1.90 bits per heavy atom. The van der Waals surface area contributed by atoms with Crippen molar-refractivity contribution in [2.75, 3.05) is 33.2 Å². The number of carbonyl (C=O) groups is 2. The van der Waals surface area contributed by atoms with Crippen LogP contribution >= 0.6 is 0 Å². The van der Waals surface area contributed by atoms with Crippen LogP contribution in [0.15, 0.2) is 0 Å². The van der Waals surface area contributed by atoms with Gasteiger partial charge in [-0.3, -0.25) is 9.59 Å². The van der Waals surface area contributed by atoms with Gasteiger partial charge in [0.2, 0.25) is 11.8 Å². The van der Waals surface area contributed by atoms with Gasteiger partial charge in [0.05, 0.1) is 6.54 Å². The molecule has 2 heterocycles. The Balaban J connectivity index is 1.85. The van der Waals surface area contributed by atoms with Crippen LogP contribution in [0.3, 0.4) is 0 Å². The molecule has 2 aliphatic rings. The molecule has 5 nitrogen and oxygen atoms in total. The fraction of sp³-hybridized carbons (Fsp3) is 0.867. The number of carbonyl (C=O) groups excluding carboxylic acids is 2. The van der Waals surface area contributed by atoms with E-state index in [0.29, 0.717) is 5.92 Å². The number of nitrogens with zero attached hydrogens (tertiary/aromatic N) is 2. The third-order valence-electron chi connectivity index (χ3n) is 4.54. The van der Waals surface area contributed by atoms with Gasteiger partial charge in [-0.2, -0.15) is 0 Å². The Kier molecular flexibility index (Phi) is 5.02. The molecule has 1 N–H and O–H groups in total. The maximum absolute atomic E-state index is 12.3. The first kappa shape index (κ1) is 15.3. The van der Waals surface area contributed by atoms with Gasteiger partial charge in [-0.15, -0.1) is 0 Å². The molecule has 5 heteroatoms. The third kappa shape index (κ3) is 3.72. The summed E-state index contributed by atoms with van der Waals surface area (Å²) in [5, 5.41) is 2.80.